The predicted molar refractivity (Wildman–Crippen MR) is 72.6 cm³/mol. The zero-order chi connectivity index (χ0) is 13.9. The van der Waals surface area contributed by atoms with E-state index in [1.165, 1.54) is 4.31 Å². The maximum Gasteiger partial charge on any atom is 0.244 e. The van der Waals surface area contributed by atoms with Crippen molar-refractivity contribution in [3.05, 3.63) is 18.0 Å². The average molecular weight is 273 g/mol. The van der Waals surface area contributed by atoms with Crippen molar-refractivity contribution >= 4 is 10.0 Å². The monoisotopic (exact) mass is 273 g/mol. The van der Waals surface area contributed by atoms with Gasteiger partial charge >= 0.3 is 0 Å². The molecule has 0 aliphatic heterocycles. The van der Waals surface area contributed by atoms with Crippen LogP contribution in [0.4, 0.5) is 0 Å². The van der Waals surface area contributed by atoms with Gasteiger partial charge in [-0.1, -0.05) is 20.8 Å². The van der Waals surface area contributed by atoms with Crippen LogP contribution < -0.4 is 5.73 Å². The Kier molecular flexibility index (Phi) is 4.95. The van der Waals surface area contributed by atoms with Gasteiger partial charge in [0.1, 0.15) is 4.90 Å². The zero-order valence-corrected chi connectivity index (χ0v) is 12.4. The molecule has 18 heavy (non-hydrogen) atoms. The summed E-state index contributed by atoms with van der Waals surface area (Å²) in [5, 5.41) is 0. The van der Waals surface area contributed by atoms with Gasteiger partial charge in [-0.25, -0.2) is 8.42 Å². The first-order valence-corrected chi connectivity index (χ1v) is 7.62. The molecule has 0 amide bonds. The van der Waals surface area contributed by atoms with Gasteiger partial charge in [-0.05, 0) is 12.0 Å². The zero-order valence-electron chi connectivity index (χ0n) is 11.5. The highest BCUT2D eigenvalue weighted by Gasteiger charge is 2.25. The Hall–Kier alpha value is -0.850. The summed E-state index contributed by atoms with van der Waals surface area (Å²) in [7, 11) is -1.60. The van der Waals surface area contributed by atoms with Crippen molar-refractivity contribution in [1.29, 1.82) is 0 Å². The van der Waals surface area contributed by atoms with Crippen LogP contribution >= 0.6 is 0 Å². The van der Waals surface area contributed by atoms with E-state index in [1.807, 2.05) is 20.8 Å². The third kappa shape index (κ3) is 3.13. The van der Waals surface area contributed by atoms with Crippen molar-refractivity contribution in [3.63, 3.8) is 0 Å². The van der Waals surface area contributed by atoms with Gasteiger partial charge in [0, 0.05) is 38.6 Å². The Morgan fingerprint density at radius 1 is 1.44 bits per heavy atom. The average Bonchev–Trinajstić information content (AvgIpc) is 2.67. The molecule has 0 atom stereocenters. The Balaban J connectivity index is 3.10. The molecule has 0 fully saturated rings. The summed E-state index contributed by atoms with van der Waals surface area (Å²) in [5.41, 5.74) is 6.38. The fourth-order valence-corrected chi connectivity index (χ4v) is 3.58. The smallest absolute Gasteiger partial charge is 0.244 e. The molecule has 0 bridgehead atoms. The fourth-order valence-electron chi connectivity index (χ4n) is 1.87. The number of rotatable bonds is 6. The third-order valence-electron chi connectivity index (χ3n) is 2.85. The van der Waals surface area contributed by atoms with Crippen LogP contribution in [0.15, 0.2) is 17.2 Å². The van der Waals surface area contributed by atoms with Crippen LogP contribution in [-0.2, 0) is 23.6 Å². The van der Waals surface area contributed by atoms with E-state index in [0.29, 0.717) is 30.4 Å². The van der Waals surface area contributed by atoms with E-state index in [0.717, 1.165) is 5.69 Å². The maximum atomic E-state index is 12.5. The molecular weight excluding hydrogens is 250 g/mol. The van der Waals surface area contributed by atoms with Crippen molar-refractivity contribution in [2.75, 3.05) is 13.1 Å². The van der Waals surface area contributed by atoms with Crippen LogP contribution in [0.5, 0.6) is 0 Å². The molecule has 1 heterocycles. The summed E-state index contributed by atoms with van der Waals surface area (Å²) in [5.74, 6) is 0.303. The van der Waals surface area contributed by atoms with Crippen LogP contribution in [0.3, 0.4) is 0 Å². The van der Waals surface area contributed by atoms with Crippen molar-refractivity contribution in [2.45, 2.75) is 32.2 Å². The summed E-state index contributed by atoms with van der Waals surface area (Å²) in [6.07, 6.45) is 1.63. The Labute approximate surface area is 110 Å². The van der Waals surface area contributed by atoms with Crippen LogP contribution in [0, 0.1) is 5.92 Å². The molecular formula is C12H23N3O2S. The molecule has 5 nitrogen and oxygen atoms in total. The van der Waals surface area contributed by atoms with Crippen molar-refractivity contribution in [2.24, 2.45) is 18.7 Å². The molecule has 1 aromatic rings. The van der Waals surface area contributed by atoms with Crippen LogP contribution in [0.25, 0.3) is 0 Å². The van der Waals surface area contributed by atoms with E-state index < -0.39 is 10.0 Å². The molecule has 0 unspecified atom stereocenters. The van der Waals surface area contributed by atoms with Crippen LogP contribution in [0.1, 0.15) is 26.5 Å². The number of aromatic nitrogens is 1. The molecule has 1 aromatic heterocycles. The lowest BCUT2D eigenvalue weighted by molar-refractivity contribution is 0.381. The molecule has 0 spiro atoms. The normalized spacial score (nSPS) is 12.6. The number of hydrogen-bond donors (Lipinski definition) is 1. The Morgan fingerprint density at radius 2 is 2.06 bits per heavy atom. The molecule has 2 N–H and O–H groups in total. The fraction of sp³-hybridized carbons (Fsp3) is 0.667. The second kappa shape index (κ2) is 5.86. The summed E-state index contributed by atoms with van der Waals surface area (Å²) in [6.45, 7) is 7.22. The first-order valence-electron chi connectivity index (χ1n) is 6.18. The highest BCUT2D eigenvalue weighted by Crippen LogP contribution is 2.19. The minimum Gasteiger partial charge on any atom is -0.352 e. The van der Waals surface area contributed by atoms with Gasteiger partial charge in [-0.2, -0.15) is 4.31 Å². The van der Waals surface area contributed by atoms with Crippen LogP contribution in [-0.4, -0.2) is 30.4 Å². The Morgan fingerprint density at radius 3 is 2.44 bits per heavy atom. The highest BCUT2D eigenvalue weighted by atomic mass is 32.2. The largest absolute Gasteiger partial charge is 0.352 e. The van der Waals surface area contributed by atoms with Gasteiger partial charge in [-0.3, -0.25) is 0 Å². The molecule has 1 rings (SSSR count). The second-order valence-corrected chi connectivity index (χ2v) is 6.77. The minimum absolute atomic E-state index is 0.303. The van der Waals surface area contributed by atoms with Gasteiger partial charge in [0.25, 0.3) is 0 Å². The lowest BCUT2D eigenvalue weighted by Gasteiger charge is -2.21. The minimum atomic E-state index is -3.40. The first-order chi connectivity index (χ1) is 8.32. The molecule has 0 aromatic carbocycles. The predicted octanol–water partition coefficient (Wildman–Crippen LogP) is 1.15. The van der Waals surface area contributed by atoms with E-state index in [4.69, 9.17) is 5.73 Å². The van der Waals surface area contributed by atoms with E-state index in [-0.39, 0.29) is 0 Å². The Bertz CT molecular complexity index is 491. The second-order valence-electron chi connectivity index (χ2n) is 4.83. The third-order valence-corrected chi connectivity index (χ3v) is 4.76. The summed E-state index contributed by atoms with van der Waals surface area (Å²) < 4.78 is 28.2. The van der Waals surface area contributed by atoms with Crippen molar-refractivity contribution in [3.8, 4) is 0 Å². The maximum absolute atomic E-state index is 12.5. The highest BCUT2D eigenvalue weighted by molar-refractivity contribution is 7.89. The first kappa shape index (κ1) is 15.2. The topological polar surface area (TPSA) is 68.3 Å². The van der Waals surface area contributed by atoms with E-state index in [9.17, 15) is 8.42 Å². The summed E-state index contributed by atoms with van der Waals surface area (Å²) >= 11 is 0. The number of aryl methyl sites for hydroxylation is 1. The summed E-state index contributed by atoms with van der Waals surface area (Å²) in [4.78, 5) is 0.327. The lowest BCUT2D eigenvalue weighted by Crippen LogP contribution is -2.33. The van der Waals surface area contributed by atoms with E-state index >= 15 is 0 Å². The van der Waals surface area contributed by atoms with Crippen molar-refractivity contribution in [1.82, 2.24) is 8.87 Å². The van der Waals surface area contributed by atoms with Crippen molar-refractivity contribution < 1.29 is 8.42 Å². The van der Waals surface area contributed by atoms with Gasteiger partial charge in [0.2, 0.25) is 10.0 Å². The number of hydrogen-bond acceptors (Lipinski definition) is 3. The molecule has 6 heteroatoms. The molecule has 0 aliphatic rings. The quantitative estimate of drug-likeness (QED) is 0.845. The molecule has 0 aliphatic carbocycles. The van der Waals surface area contributed by atoms with Gasteiger partial charge in [-0.15, -0.1) is 0 Å². The van der Waals surface area contributed by atoms with Gasteiger partial charge < -0.3 is 10.3 Å². The SMILES string of the molecule is CCN(CC(C)C)S(=O)(=O)c1cc(CN)n(C)c1. The number of sulfonamides is 1. The molecule has 104 valence electrons. The number of nitrogens with zero attached hydrogens (tertiary/aromatic N) is 2. The molecule has 0 saturated heterocycles. The van der Waals surface area contributed by atoms with Gasteiger partial charge in [0.05, 0.1) is 0 Å². The number of nitrogens with two attached hydrogens (primary N) is 1. The standard InChI is InChI=1S/C12H23N3O2S/c1-5-15(8-10(2)3)18(16,17)12-6-11(7-13)14(4)9-12/h6,9-10H,5,7-8,13H2,1-4H3. The van der Waals surface area contributed by atoms with Crippen LogP contribution in [0.2, 0.25) is 0 Å². The van der Waals surface area contributed by atoms with E-state index in [1.54, 1.807) is 23.9 Å². The van der Waals surface area contributed by atoms with E-state index in [2.05, 4.69) is 0 Å². The molecule has 0 radical (unpaired) electrons. The lowest BCUT2D eigenvalue weighted by atomic mass is 10.2. The molecule has 0 saturated carbocycles. The van der Waals surface area contributed by atoms with Gasteiger partial charge in [0.15, 0.2) is 0 Å². The summed E-state index contributed by atoms with van der Waals surface area (Å²) in [6, 6.07) is 1.65.